The zero-order chi connectivity index (χ0) is 20.9. The fraction of sp³-hybridized carbons (Fsp3) is 0.696. The minimum absolute atomic E-state index is 0.677. The van der Waals surface area contributed by atoms with Crippen molar-refractivity contribution < 1.29 is 9.15 Å². The number of hydrogen-bond acceptors (Lipinski definition) is 4. The predicted molar refractivity (Wildman–Crippen MR) is 120 cm³/mol. The number of hydrogen-bond donors (Lipinski definition) is 1. The van der Waals surface area contributed by atoms with Crippen LogP contribution in [0.2, 0.25) is 0 Å². The topological polar surface area (TPSA) is 53.2 Å². The quantitative estimate of drug-likeness (QED) is 0.329. The summed E-state index contributed by atoms with van der Waals surface area (Å²) in [6, 6.07) is 3.95. The molecule has 1 saturated heterocycles. The van der Waals surface area contributed by atoms with Gasteiger partial charge in [-0.05, 0) is 64.3 Å². The van der Waals surface area contributed by atoms with Gasteiger partial charge in [-0.25, -0.2) is 4.99 Å². The van der Waals surface area contributed by atoms with Gasteiger partial charge in [-0.2, -0.15) is 0 Å². The number of ether oxygens (including phenoxy) is 1. The first-order valence-electron chi connectivity index (χ1n) is 11.0. The molecular weight excluding hydrogens is 364 g/mol. The van der Waals surface area contributed by atoms with Gasteiger partial charge in [0.2, 0.25) is 0 Å². The van der Waals surface area contributed by atoms with Crippen LogP contribution in [0.4, 0.5) is 0 Å². The third-order valence-electron chi connectivity index (χ3n) is 5.48. The van der Waals surface area contributed by atoms with Crippen molar-refractivity contribution in [2.45, 2.75) is 39.0 Å². The highest BCUT2D eigenvalue weighted by Crippen LogP contribution is 2.22. The van der Waals surface area contributed by atoms with Crippen molar-refractivity contribution in [3.8, 4) is 0 Å². The standard InChI is InChI=1S/C23H40N4O2/c1-20(2)19-25-23(24-12-9-22-8-6-17-29-22)27-14-10-21(11-15-27)7-5-13-26(3)16-18-28-4/h6,8,17,21H,1,5,7,9-16,18-19H2,2-4H3,(H,24,25). The summed E-state index contributed by atoms with van der Waals surface area (Å²) in [4.78, 5) is 9.56. The zero-order valence-corrected chi connectivity index (χ0v) is 18.7. The van der Waals surface area contributed by atoms with E-state index >= 15 is 0 Å². The van der Waals surface area contributed by atoms with Crippen LogP contribution in [-0.2, 0) is 11.2 Å². The van der Waals surface area contributed by atoms with Crippen molar-refractivity contribution in [3.05, 3.63) is 36.3 Å². The molecule has 29 heavy (non-hydrogen) atoms. The molecule has 0 bridgehead atoms. The number of nitrogens with one attached hydrogen (secondary N) is 1. The monoisotopic (exact) mass is 404 g/mol. The van der Waals surface area contributed by atoms with Crippen molar-refractivity contribution in [2.24, 2.45) is 10.9 Å². The molecule has 6 heteroatoms. The lowest BCUT2D eigenvalue weighted by Crippen LogP contribution is -2.46. The Balaban J connectivity index is 1.73. The van der Waals surface area contributed by atoms with Gasteiger partial charge in [0, 0.05) is 39.7 Å². The SMILES string of the molecule is C=C(C)CN=C(NCCc1ccco1)N1CCC(CCCN(C)CCOC)CC1. The van der Waals surface area contributed by atoms with E-state index in [1.54, 1.807) is 13.4 Å². The van der Waals surface area contributed by atoms with Crippen LogP contribution in [0.15, 0.2) is 40.0 Å². The molecule has 1 aliphatic heterocycles. The summed E-state index contributed by atoms with van der Waals surface area (Å²) in [6.07, 6.45) is 7.66. The Hall–Kier alpha value is -1.79. The number of rotatable bonds is 12. The van der Waals surface area contributed by atoms with Crippen molar-refractivity contribution in [1.82, 2.24) is 15.1 Å². The summed E-state index contributed by atoms with van der Waals surface area (Å²) in [5.74, 6) is 2.84. The molecule has 1 aromatic heterocycles. The lowest BCUT2D eigenvalue weighted by molar-refractivity contribution is 0.158. The summed E-state index contributed by atoms with van der Waals surface area (Å²) in [7, 11) is 3.95. The number of piperidine rings is 1. The Morgan fingerprint density at radius 2 is 2.17 bits per heavy atom. The minimum Gasteiger partial charge on any atom is -0.469 e. The second-order valence-electron chi connectivity index (χ2n) is 8.22. The Kier molecular flexibility index (Phi) is 10.9. The van der Waals surface area contributed by atoms with Gasteiger partial charge >= 0.3 is 0 Å². The Bertz CT molecular complexity index is 592. The van der Waals surface area contributed by atoms with Gasteiger partial charge in [0.15, 0.2) is 5.96 Å². The molecule has 6 nitrogen and oxygen atoms in total. The Labute approximate surface area is 177 Å². The van der Waals surface area contributed by atoms with Gasteiger partial charge in [-0.3, -0.25) is 0 Å². The lowest BCUT2D eigenvalue weighted by atomic mass is 9.92. The Morgan fingerprint density at radius 1 is 1.38 bits per heavy atom. The van der Waals surface area contributed by atoms with Gasteiger partial charge in [-0.15, -0.1) is 0 Å². The molecule has 0 spiro atoms. The van der Waals surface area contributed by atoms with Crippen molar-refractivity contribution in [1.29, 1.82) is 0 Å². The molecule has 1 fully saturated rings. The van der Waals surface area contributed by atoms with E-state index in [1.165, 1.54) is 25.7 Å². The van der Waals surface area contributed by atoms with Gasteiger partial charge in [0.05, 0.1) is 19.4 Å². The first-order valence-corrected chi connectivity index (χ1v) is 11.0. The maximum Gasteiger partial charge on any atom is 0.194 e. The van der Waals surface area contributed by atoms with Crippen LogP contribution >= 0.6 is 0 Å². The summed E-state index contributed by atoms with van der Waals surface area (Å²) >= 11 is 0. The third kappa shape index (κ3) is 9.50. The van der Waals surface area contributed by atoms with E-state index in [1.807, 2.05) is 19.1 Å². The van der Waals surface area contributed by atoms with E-state index in [4.69, 9.17) is 14.1 Å². The van der Waals surface area contributed by atoms with E-state index in [9.17, 15) is 0 Å². The van der Waals surface area contributed by atoms with Gasteiger partial charge in [0.25, 0.3) is 0 Å². The highest BCUT2D eigenvalue weighted by Gasteiger charge is 2.21. The first kappa shape index (κ1) is 23.5. The molecule has 0 amide bonds. The molecule has 1 aliphatic rings. The average molecular weight is 405 g/mol. The third-order valence-corrected chi connectivity index (χ3v) is 5.48. The number of likely N-dealkylation sites (N-methyl/N-ethyl adjacent to an activating group) is 1. The van der Waals surface area contributed by atoms with Crippen LogP contribution in [0, 0.1) is 5.92 Å². The fourth-order valence-corrected chi connectivity index (χ4v) is 3.67. The van der Waals surface area contributed by atoms with Crippen LogP contribution in [0.3, 0.4) is 0 Å². The molecule has 2 rings (SSSR count). The number of furan rings is 1. The van der Waals surface area contributed by atoms with Gasteiger partial charge in [0.1, 0.15) is 5.76 Å². The van der Waals surface area contributed by atoms with Crippen molar-refractivity contribution in [2.75, 3.05) is 60.0 Å². The fourth-order valence-electron chi connectivity index (χ4n) is 3.67. The van der Waals surface area contributed by atoms with Gasteiger partial charge < -0.3 is 24.3 Å². The normalized spacial score (nSPS) is 15.9. The first-order chi connectivity index (χ1) is 14.1. The molecule has 164 valence electrons. The molecule has 0 atom stereocenters. The van der Waals surface area contributed by atoms with E-state index < -0.39 is 0 Å². The molecule has 0 saturated carbocycles. The maximum atomic E-state index is 5.43. The molecule has 0 radical (unpaired) electrons. The average Bonchev–Trinajstić information content (AvgIpc) is 3.23. The summed E-state index contributed by atoms with van der Waals surface area (Å²) in [5, 5.41) is 3.53. The van der Waals surface area contributed by atoms with Crippen molar-refractivity contribution >= 4 is 5.96 Å². The smallest absolute Gasteiger partial charge is 0.194 e. The van der Waals surface area contributed by atoms with Gasteiger partial charge in [-0.1, -0.05) is 12.2 Å². The summed E-state index contributed by atoms with van der Waals surface area (Å²) < 4.78 is 10.6. The van der Waals surface area contributed by atoms with Crippen LogP contribution in [0.1, 0.15) is 38.4 Å². The highest BCUT2D eigenvalue weighted by atomic mass is 16.5. The number of aliphatic imine (C=N–C) groups is 1. The van der Waals surface area contributed by atoms with E-state index in [0.717, 1.165) is 69.0 Å². The van der Waals surface area contributed by atoms with E-state index in [0.29, 0.717) is 6.54 Å². The zero-order valence-electron chi connectivity index (χ0n) is 18.7. The second-order valence-corrected chi connectivity index (χ2v) is 8.22. The largest absolute Gasteiger partial charge is 0.469 e. The second kappa shape index (κ2) is 13.4. The van der Waals surface area contributed by atoms with E-state index in [-0.39, 0.29) is 0 Å². The molecular formula is C23H40N4O2. The Morgan fingerprint density at radius 3 is 2.83 bits per heavy atom. The summed E-state index contributed by atoms with van der Waals surface area (Å²) in [5.41, 5.74) is 1.09. The number of guanidine groups is 1. The van der Waals surface area contributed by atoms with E-state index in [2.05, 4.69) is 28.7 Å². The summed E-state index contributed by atoms with van der Waals surface area (Å²) in [6.45, 7) is 12.7. The lowest BCUT2D eigenvalue weighted by Gasteiger charge is -2.34. The van der Waals surface area contributed by atoms with Crippen LogP contribution in [0.25, 0.3) is 0 Å². The highest BCUT2D eigenvalue weighted by molar-refractivity contribution is 5.80. The minimum atomic E-state index is 0.677. The van der Waals surface area contributed by atoms with Crippen LogP contribution in [-0.4, -0.2) is 75.8 Å². The molecule has 2 heterocycles. The molecule has 0 unspecified atom stereocenters. The molecule has 0 aliphatic carbocycles. The predicted octanol–water partition coefficient (Wildman–Crippen LogP) is 3.41. The number of methoxy groups -OCH3 is 1. The molecule has 1 aromatic rings. The van der Waals surface area contributed by atoms with Crippen molar-refractivity contribution in [3.63, 3.8) is 0 Å². The number of likely N-dealkylation sites (tertiary alicyclic amines) is 1. The molecule has 1 N–H and O–H groups in total. The van der Waals surface area contributed by atoms with Crippen LogP contribution < -0.4 is 5.32 Å². The number of nitrogens with zero attached hydrogens (tertiary/aromatic N) is 3. The van der Waals surface area contributed by atoms with Crippen LogP contribution in [0.5, 0.6) is 0 Å². The molecule has 0 aromatic carbocycles. The maximum absolute atomic E-state index is 5.43.